The summed E-state index contributed by atoms with van der Waals surface area (Å²) >= 11 is 0. The van der Waals surface area contributed by atoms with E-state index in [1.54, 1.807) is 4.90 Å². The number of halogens is 5. The Morgan fingerprint density at radius 2 is 1.85 bits per heavy atom. The van der Waals surface area contributed by atoms with Crippen LogP contribution >= 0.6 is 0 Å². The van der Waals surface area contributed by atoms with Crippen LogP contribution in [0.4, 0.5) is 22.0 Å². The smallest absolute Gasteiger partial charge is 0.314 e. The Labute approximate surface area is 113 Å². The molecule has 1 aliphatic rings. The number of alkyl halides is 4. The summed E-state index contributed by atoms with van der Waals surface area (Å²) in [6.45, 7) is 1.25. The maximum atomic E-state index is 14.0. The molecule has 1 aromatic carbocycles. The minimum atomic E-state index is -4.77. The van der Waals surface area contributed by atoms with Crippen LogP contribution in [-0.4, -0.2) is 37.8 Å². The van der Waals surface area contributed by atoms with Crippen molar-refractivity contribution in [3.63, 3.8) is 0 Å². The number of nitrogens with one attached hydrogen (secondary N) is 1. The molecule has 0 bridgehead atoms. The van der Waals surface area contributed by atoms with Gasteiger partial charge in [0.15, 0.2) is 0 Å². The highest BCUT2D eigenvalue weighted by Gasteiger charge is 2.36. The van der Waals surface area contributed by atoms with Gasteiger partial charge in [-0.15, -0.1) is 0 Å². The molecule has 7 heteroatoms. The van der Waals surface area contributed by atoms with Crippen molar-refractivity contribution in [2.45, 2.75) is 12.2 Å². The summed E-state index contributed by atoms with van der Waals surface area (Å²) in [7, 11) is 0. The Hall–Kier alpha value is -1.21. The zero-order valence-electron chi connectivity index (χ0n) is 10.7. The van der Waals surface area contributed by atoms with Crippen molar-refractivity contribution >= 4 is 0 Å². The first kappa shape index (κ1) is 15.2. The molecule has 112 valence electrons. The number of hydrogen-bond donors (Lipinski definition) is 1. The van der Waals surface area contributed by atoms with Crippen LogP contribution in [0.2, 0.25) is 0 Å². The van der Waals surface area contributed by atoms with E-state index >= 15 is 0 Å². The maximum absolute atomic E-state index is 14.0. The van der Waals surface area contributed by atoms with E-state index in [1.165, 1.54) is 6.07 Å². The molecule has 1 saturated heterocycles. The fraction of sp³-hybridized carbons (Fsp3) is 0.538. The van der Waals surface area contributed by atoms with Crippen molar-refractivity contribution in [3.8, 4) is 0 Å². The average molecular weight is 294 g/mol. The fourth-order valence-electron chi connectivity index (χ4n) is 2.40. The highest BCUT2D eigenvalue weighted by atomic mass is 19.4. The molecule has 0 radical (unpaired) electrons. The molecule has 1 aliphatic heterocycles. The second kappa shape index (κ2) is 6.05. The van der Waals surface area contributed by atoms with Crippen LogP contribution in [-0.2, 0) is 6.18 Å². The molecule has 0 saturated carbocycles. The van der Waals surface area contributed by atoms with Crippen LogP contribution in [0.5, 0.6) is 0 Å². The van der Waals surface area contributed by atoms with Gasteiger partial charge in [-0.2, -0.15) is 13.2 Å². The van der Waals surface area contributed by atoms with Gasteiger partial charge in [-0.3, -0.25) is 4.90 Å². The number of benzene rings is 1. The zero-order chi connectivity index (χ0) is 14.8. The van der Waals surface area contributed by atoms with Gasteiger partial charge >= 0.3 is 6.18 Å². The third kappa shape index (κ3) is 3.09. The minimum absolute atomic E-state index is 0.232. The molecule has 0 aliphatic carbocycles. The van der Waals surface area contributed by atoms with Crippen LogP contribution in [0.15, 0.2) is 18.2 Å². The molecule has 1 aromatic rings. The Morgan fingerprint density at radius 1 is 1.20 bits per heavy atom. The molecule has 20 heavy (non-hydrogen) atoms. The van der Waals surface area contributed by atoms with Gasteiger partial charge in [-0.25, -0.2) is 8.78 Å². The van der Waals surface area contributed by atoms with Gasteiger partial charge in [0.1, 0.15) is 12.5 Å². The average Bonchev–Trinajstić information content (AvgIpc) is 2.41. The van der Waals surface area contributed by atoms with Crippen LogP contribution in [0.25, 0.3) is 0 Å². The first-order valence-corrected chi connectivity index (χ1v) is 6.31. The van der Waals surface area contributed by atoms with Crippen LogP contribution in [0.3, 0.4) is 0 Å². The largest absolute Gasteiger partial charge is 0.419 e. The van der Waals surface area contributed by atoms with Gasteiger partial charge in [-0.05, 0) is 6.07 Å². The van der Waals surface area contributed by atoms with Crippen molar-refractivity contribution in [1.29, 1.82) is 0 Å². The number of piperazine rings is 1. The number of nitrogens with zero attached hydrogens (tertiary/aromatic N) is 1. The molecule has 0 unspecified atom stereocenters. The van der Waals surface area contributed by atoms with E-state index in [1.807, 2.05) is 0 Å². The molecular formula is C13H15F5N2. The lowest BCUT2D eigenvalue weighted by atomic mass is 10.0. The molecule has 0 amide bonds. The summed E-state index contributed by atoms with van der Waals surface area (Å²) in [4.78, 5) is 1.66. The van der Waals surface area contributed by atoms with E-state index < -0.39 is 30.3 Å². The third-order valence-corrected chi connectivity index (χ3v) is 3.43. The van der Waals surface area contributed by atoms with Crippen molar-refractivity contribution < 1.29 is 22.0 Å². The SMILES string of the molecule is FC[C@@H](c1cccc(C(F)(F)F)c1F)N1CCNCC1. The quantitative estimate of drug-likeness (QED) is 0.862. The predicted molar refractivity (Wildman–Crippen MR) is 64.6 cm³/mol. The predicted octanol–water partition coefficient (Wildman–Crippen LogP) is 2.76. The first-order valence-electron chi connectivity index (χ1n) is 6.31. The molecule has 1 heterocycles. The number of hydrogen-bond acceptors (Lipinski definition) is 2. The van der Waals surface area contributed by atoms with E-state index in [0.29, 0.717) is 32.2 Å². The maximum Gasteiger partial charge on any atom is 0.419 e. The topological polar surface area (TPSA) is 15.3 Å². The standard InChI is InChI=1S/C13H15F5N2/c14-8-11(20-6-4-19-5-7-20)9-2-1-3-10(12(9)15)13(16,17)18/h1-3,11,19H,4-8H2/t11-/m0/s1. The van der Waals surface area contributed by atoms with Gasteiger partial charge in [0, 0.05) is 31.7 Å². The van der Waals surface area contributed by atoms with E-state index in [4.69, 9.17) is 0 Å². The van der Waals surface area contributed by atoms with Crippen LogP contribution < -0.4 is 5.32 Å². The molecule has 2 rings (SSSR count). The van der Waals surface area contributed by atoms with E-state index in [2.05, 4.69) is 5.32 Å². The third-order valence-electron chi connectivity index (χ3n) is 3.43. The van der Waals surface area contributed by atoms with Crippen molar-refractivity contribution in [2.75, 3.05) is 32.9 Å². The first-order chi connectivity index (χ1) is 9.45. The van der Waals surface area contributed by atoms with Gasteiger partial charge in [-0.1, -0.05) is 12.1 Å². The van der Waals surface area contributed by atoms with E-state index in [-0.39, 0.29) is 5.56 Å². The van der Waals surface area contributed by atoms with Crippen LogP contribution in [0.1, 0.15) is 17.2 Å². The lowest BCUT2D eigenvalue weighted by molar-refractivity contribution is -0.140. The highest BCUT2D eigenvalue weighted by molar-refractivity contribution is 5.30. The monoisotopic (exact) mass is 294 g/mol. The Bertz CT molecular complexity index is 455. The summed E-state index contributed by atoms with van der Waals surface area (Å²) in [6.07, 6.45) is -4.77. The molecule has 0 spiro atoms. The van der Waals surface area contributed by atoms with Crippen molar-refractivity contribution in [1.82, 2.24) is 10.2 Å². The van der Waals surface area contributed by atoms with E-state index in [0.717, 1.165) is 6.07 Å². The van der Waals surface area contributed by atoms with Gasteiger partial charge in [0.25, 0.3) is 0 Å². The number of rotatable bonds is 3. The van der Waals surface area contributed by atoms with Gasteiger partial charge in [0.2, 0.25) is 0 Å². The molecule has 1 atom stereocenters. The molecular weight excluding hydrogens is 279 g/mol. The fourth-order valence-corrected chi connectivity index (χ4v) is 2.40. The lowest BCUT2D eigenvalue weighted by Crippen LogP contribution is -2.46. The van der Waals surface area contributed by atoms with Crippen molar-refractivity contribution in [2.24, 2.45) is 0 Å². The van der Waals surface area contributed by atoms with Crippen molar-refractivity contribution in [3.05, 3.63) is 35.1 Å². The Kier molecular flexibility index (Phi) is 4.59. The summed E-state index contributed by atoms with van der Waals surface area (Å²) < 4.78 is 65.3. The van der Waals surface area contributed by atoms with E-state index in [9.17, 15) is 22.0 Å². The normalized spacial score (nSPS) is 19.1. The Balaban J connectivity index is 2.34. The molecule has 0 aromatic heterocycles. The molecule has 1 fully saturated rings. The Morgan fingerprint density at radius 3 is 2.40 bits per heavy atom. The highest BCUT2D eigenvalue weighted by Crippen LogP contribution is 2.35. The summed E-state index contributed by atoms with van der Waals surface area (Å²) in [5.41, 5.74) is -1.58. The molecule has 2 nitrogen and oxygen atoms in total. The second-order valence-electron chi connectivity index (χ2n) is 4.66. The molecule has 1 N–H and O–H groups in total. The summed E-state index contributed by atoms with van der Waals surface area (Å²) in [5.74, 6) is -1.37. The summed E-state index contributed by atoms with van der Waals surface area (Å²) in [6, 6.07) is 2.04. The van der Waals surface area contributed by atoms with Crippen LogP contribution in [0, 0.1) is 5.82 Å². The van der Waals surface area contributed by atoms with Gasteiger partial charge < -0.3 is 5.32 Å². The van der Waals surface area contributed by atoms with Gasteiger partial charge in [0.05, 0.1) is 11.6 Å². The second-order valence-corrected chi connectivity index (χ2v) is 4.66. The minimum Gasteiger partial charge on any atom is -0.314 e. The lowest BCUT2D eigenvalue weighted by Gasteiger charge is -2.34. The summed E-state index contributed by atoms with van der Waals surface area (Å²) in [5, 5.41) is 3.06. The zero-order valence-corrected chi connectivity index (χ0v) is 10.7.